The lowest BCUT2D eigenvalue weighted by Gasteiger charge is -1.90. The molecule has 0 spiro atoms. The second-order valence-corrected chi connectivity index (χ2v) is 4.92. The van der Waals surface area contributed by atoms with Gasteiger partial charge in [-0.15, -0.1) is 0 Å². The second kappa shape index (κ2) is 3.23. The Morgan fingerprint density at radius 1 is 1.64 bits per heavy atom. The van der Waals surface area contributed by atoms with Gasteiger partial charge >= 0.3 is 0 Å². The summed E-state index contributed by atoms with van der Waals surface area (Å²) in [4.78, 5) is 0. The number of hydrogen-bond donors (Lipinski definition) is 0. The minimum Gasteiger partial charge on any atom is -0.364 e. The minimum absolute atomic E-state index is 0.0875. The fraction of sp³-hybridized carbons (Fsp3) is 0.400. The molecule has 6 heteroatoms. The van der Waals surface area contributed by atoms with Crippen LogP contribution in [0.25, 0.3) is 0 Å². The fourth-order valence-electron chi connectivity index (χ4n) is 0.590. The van der Waals surface area contributed by atoms with Gasteiger partial charge in [-0.3, -0.25) is 0 Å². The Balaban J connectivity index is 2.48. The molecule has 1 aromatic rings. The molecule has 11 heavy (non-hydrogen) atoms. The van der Waals surface area contributed by atoms with Crippen molar-refractivity contribution in [2.45, 2.75) is 6.42 Å². The Hall–Kier alpha value is -0.550. The Bertz CT molecular complexity index is 304. The van der Waals surface area contributed by atoms with E-state index in [0.29, 0.717) is 6.42 Å². The van der Waals surface area contributed by atoms with Gasteiger partial charge < -0.3 is 4.52 Å². The quantitative estimate of drug-likeness (QED) is 0.669. The summed E-state index contributed by atoms with van der Waals surface area (Å²) in [5.74, 6) is -0.0875. The maximum atomic E-state index is 10.4. The molecule has 62 valence electrons. The third-order valence-corrected chi connectivity index (χ3v) is 2.27. The summed E-state index contributed by atoms with van der Waals surface area (Å²) in [5.41, 5.74) is 0.731. The number of halogens is 1. The molecular formula is C5H6ClNO3S. The van der Waals surface area contributed by atoms with Crippen molar-refractivity contribution in [3.05, 3.63) is 18.0 Å². The standard InChI is InChI=1S/C5H6ClNO3S/c6-11(8,9)2-1-5-3-7-10-4-5/h3-4H,1-2H2. The van der Waals surface area contributed by atoms with Gasteiger partial charge in [-0.25, -0.2) is 8.42 Å². The number of hydrogen-bond acceptors (Lipinski definition) is 4. The van der Waals surface area contributed by atoms with Crippen LogP contribution < -0.4 is 0 Å². The van der Waals surface area contributed by atoms with E-state index in [1.54, 1.807) is 0 Å². The predicted octanol–water partition coefficient (Wildman–Crippen LogP) is 0.786. The zero-order valence-electron chi connectivity index (χ0n) is 5.53. The summed E-state index contributed by atoms with van der Waals surface area (Å²) in [5, 5.41) is 3.41. The lowest BCUT2D eigenvalue weighted by molar-refractivity contribution is 0.419. The van der Waals surface area contributed by atoms with E-state index >= 15 is 0 Å². The van der Waals surface area contributed by atoms with Gasteiger partial charge in [0.25, 0.3) is 0 Å². The van der Waals surface area contributed by atoms with E-state index in [1.165, 1.54) is 12.5 Å². The van der Waals surface area contributed by atoms with Crippen molar-refractivity contribution in [3.8, 4) is 0 Å². The summed E-state index contributed by atoms with van der Waals surface area (Å²) < 4.78 is 25.4. The topological polar surface area (TPSA) is 60.2 Å². The normalized spacial score (nSPS) is 11.7. The van der Waals surface area contributed by atoms with Crippen molar-refractivity contribution in [1.82, 2.24) is 5.16 Å². The molecule has 1 aromatic heterocycles. The van der Waals surface area contributed by atoms with Gasteiger partial charge in [0.05, 0.1) is 11.9 Å². The molecule has 4 nitrogen and oxygen atoms in total. The van der Waals surface area contributed by atoms with Crippen LogP contribution in [0.15, 0.2) is 17.0 Å². The van der Waals surface area contributed by atoms with E-state index in [0.717, 1.165) is 5.56 Å². The Morgan fingerprint density at radius 2 is 2.36 bits per heavy atom. The molecule has 1 rings (SSSR count). The van der Waals surface area contributed by atoms with Gasteiger partial charge in [0.1, 0.15) is 6.26 Å². The first kappa shape index (κ1) is 8.55. The Kier molecular flexibility index (Phi) is 2.51. The maximum absolute atomic E-state index is 10.4. The Morgan fingerprint density at radius 3 is 2.82 bits per heavy atom. The van der Waals surface area contributed by atoms with Crippen molar-refractivity contribution in [2.75, 3.05) is 5.75 Å². The van der Waals surface area contributed by atoms with E-state index in [1.807, 2.05) is 0 Å². The smallest absolute Gasteiger partial charge is 0.232 e. The van der Waals surface area contributed by atoms with Crippen molar-refractivity contribution < 1.29 is 12.9 Å². The largest absolute Gasteiger partial charge is 0.364 e. The molecule has 0 radical (unpaired) electrons. The summed E-state index contributed by atoms with van der Waals surface area (Å²) >= 11 is 0. The molecule has 0 bridgehead atoms. The van der Waals surface area contributed by atoms with Crippen molar-refractivity contribution in [1.29, 1.82) is 0 Å². The average Bonchev–Trinajstić information content (AvgIpc) is 2.32. The third kappa shape index (κ3) is 3.38. The van der Waals surface area contributed by atoms with E-state index < -0.39 is 9.05 Å². The van der Waals surface area contributed by atoms with Crippen molar-refractivity contribution in [3.63, 3.8) is 0 Å². The van der Waals surface area contributed by atoms with Crippen LogP contribution in [0.5, 0.6) is 0 Å². The first-order valence-corrected chi connectivity index (χ1v) is 5.36. The SMILES string of the molecule is O=S(=O)(Cl)CCc1cnoc1. The molecule has 0 fully saturated rings. The van der Waals surface area contributed by atoms with Gasteiger partial charge in [-0.05, 0) is 6.42 Å². The first-order valence-electron chi connectivity index (χ1n) is 2.88. The lowest BCUT2D eigenvalue weighted by Crippen LogP contribution is -1.99. The van der Waals surface area contributed by atoms with E-state index in [2.05, 4.69) is 9.68 Å². The van der Waals surface area contributed by atoms with Gasteiger partial charge in [0.2, 0.25) is 9.05 Å². The number of rotatable bonds is 3. The molecule has 0 atom stereocenters. The van der Waals surface area contributed by atoms with Gasteiger partial charge in [-0.2, -0.15) is 0 Å². The minimum atomic E-state index is -3.40. The molecule has 1 heterocycles. The summed E-state index contributed by atoms with van der Waals surface area (Å²) in [6, 6.07) is 0. The monoisotopic (exact) mass is 195 g/mol. The summed E-state index contributed by atoms with van der Waals surface area (Å²) in [7, 11) is 1.57. The van der Waals surface area contributed by atoms with E-state index in [9.17, 15) is 8.42 Å². The number of nitrogens with zero attached hydrogens (tertiary/aromatic N) is 1. The molecule has 0 aliphatic heterocycles. The molecule has 0 aliphatic rings. The molecule has 0 saturated carbocycles. The van der Waals surface area contributed by atoms with Crippen LogP contribution in [0.4, 0.5) is 0 Å². The van der Waals surface area contributed by atoms with Crippen molar-refractivity contribution in [2.24, 2.45) is 0 Å². The van der Waals surface area contributed by atoms with Gasteiger partial charge in [0.15, 0.2) is 0 Å². The molecule has 0 N–H and O–H groups in total. The highest BCUT2D eigenvalue weighted by atomic mass is 35.7. The van der Waals surface area contributed by atoms with Crippen LogP contribution in [-0.2, 0) is 15.5 Å². The van der Waals surface area contributed by atoms with E-state index in [4.69, 9.17) is 10.7 Å². The predicted molar refractivity (Wildman–Crippen MR) is 39.8 cm³/mol. The summed E-state index contributed by atoms with van der Waals surface area (Å²) in [6.45, 7) is 0. The second-order valence-electron chi connectivity index (χ2n) is 2.03. The molecule has 0 aliphatic carbocycles. The molecule has 0 amide bonds. The zero-order valence-corrected chi connectivity index (χ0v) is 7.10. The molecular weight excluding hydrogens is 190 g/mol. The number of aryl methyl sites for hydroxylation is 1. The van der Waals surface area contributed by atoms with Gasteiger partial charge in [0, 0.05) is 16.2 Å². The maximum Gasteiger partial charge on any atom is 0.232 e. The lowest BCUT2D eigenvalue weighted by atomic mass is 10.3. The first-order chi connectivity index (χ1) is 5.08. The molecule has 0 unspecified atom stereocenters. The highest BCUT2D eigenvalue weighted by molar-refractivity contribution is 8.13. The van der Waals surface area contributed by atoms with Crippen LogP contribution >= 0.6 is 10.7 Å². The summed E-state index contributed by atoms with van der Waals surface area (Å²) in [6.07, 6.45) is 3.19. The highest BCUT2D eigenvalue weighted by Crippen LogP contribution is 2.03. The van der Waals surface area contributed by atoms with Crippen molar-refractivity contribution >= 4 is 19.7 Å². The van der Waals surface area contributed by atoms with Crippen LogP contribution in [0.2, 0.25) is 0 Å². The fourth-order valence-corrected chi connectivity index (χ4v) is 1.30. The highest BCUT2D eigenvalue weighted by Gasteiger charge is 2.05. The van der Waals surface area contributed by atoms with Crippen LogP contribution in [0.3, 0.4) is 0 Å². The van der Waals surface area contributed by atoms with Crippen LogP contribution in [-0.4, -0.2) is 19.3 Å². The molecule has 0 saturated heterocycles. The average molecular weight is 196 g/mol. The number of aromatic nitrogens is 1. The van der Waals surface area contributed by atoms with Crippen LogP contribution in [0, 0.1) is 0 Å². The van der Waals surface area contributed by atoms with Gasteiger partial charge in [-0.1, -0.05) is 5.16 Å². The zero-order chi connectivity index (χ0) is 8.32. The molecule has 0 aromatic carbocycles. The van der Waals surface area contributed by atoms with E-state index in [-0.39, 0.29) is 5.75 Å². The Labute approximate surface area is 68.6 Å². The van der Waals surface area contributed by atoms with Crippen LogP contribution in [0.1, 0.15) is 5.56 Å². The third-order valence-electron chi connectivity index (χ3n) is 1.12.